The lowest BCUT2D eigenvalue weighted by atomic mass is 10.0. The summed E-state index contributed by atoms with van der Waals surface area (Å²) in [4.78, 5) is 24.0. The maximum absolute atomic E-state index is 12.0. The average molecular weight is 418 g/mol. The quantitative estimate of drug-likeness (QED) is 0.191. The van der Waals surface area contributed by atoms with Crippen LogP contribution < -0.4 is 0 Å². The Morgan fingerprint density at radius 1 is 0.655 bits per heavy atom. The van der Waals surface area contributed by atoms with Crippen molar-refractivity contribution in [3.05, 3.63) is 35.9 Å². The lowest BCUT2D eigenvalue weighted by Crippen LogP contribution is -2.19. The molecule has 2 N–H and O–H groups in total. The van der Waals surface area contributed by atoms with E-state index in [1.165, 1.54) is 83.5 Å². The van der Waals surface area contributed by atoms with Crippen LogP contribution >= 0.6 is 0 Å². The predicted octanol–water partition coefficient (Wildman–Crippen LogP) is 6.49. The molecule has 1 rings (SSSR count). The van der Waals surface area contributed by atoms with Crippen LogP contribution in [0.4, 0.5) is 0 Å². The van der Waals surface area contributed by atoms with Crippen LogP contribution in [-0.2, 0) is 4.79 Å². The molecule has 0 aliphatic carbocycles. The highest BCUT2D eigenvalue weighted by atomic mass is 27.1. The van der Waals surface area contributed by atoms with Gasteiger partial charge >= 0.3 is 15.2 Å². The van der Waals surface area contributed by atoms with Crippen LogP contribution in [0.25, 0.3) is 0 Å². The molecule has 163 valence electrons. The lowest BCUT2D eigenvalue weighted by Gasteiger charge is -2.03. The van der Waals surface area contributed by atoms with Gasteiger partial charge in [-0.1, -0.05) is 127 Å². The van der Waals surface area contributed by atoms with Crippen LogP contribution in [0.15, 0.2) is 30.3 Å². The molecule has 0 aromatic heterocycles. The number of hydrogen-bond donors (Lipinski definition) is 0. The minimum atomic E-state index is -0.745. The third-order valence-electron chi connectivity index (χ3n) is 5.38. The van der Waals surface area contributed by atoms with Gasteiger partial charge in [-0.2, -0.15) is 0 Å². The summed E-state index contributed by atoms with van der Waals surface area (Å²) in [5.74, 6) is 0. The molecule has 3 nitrogen and oxygen atoms in total. The molecule has 0 saturated carbocycles. The summed E-state index contributed by atoms with van der Waals surface area (Å²) in [5, 5.41) is 0. The van der Waals surface area contributed by atoms with Crippen molar-refractivity contribution in [2.75, 3.05) is 0 Å². The molecule has 0 saturated heterocycles. The van der Waals surface area contributed by atoms with E-state index in [1.54, 1.807) is 12.1 Å². The number of hydrogen-bond acceptors (Lipinski definition) is 2. The first-order chi connectivity index (χ1) is 13.7. The lowest BCUT2D eigenvalue weighted by molar-refractivity contribution is -0.112. The molecule has 0 aliphatic heterocycles. The van der Waals surface area contributed by atoms with Crippen molar-refractivity contribution in [2.45, 2.75) is 110 Å². The summed E-state index contributed by atoms with van der Waals surface area (Å²) in [7, 11) is 0. The molecule has 4 heteroatoms. The van der Waals surface area contributed by atoms with Crippen LogP contribution in [0.2, 0.25) is 0 Å². The molecule has 1 radical (unpaired) electrons. The van der Waals surface area contributed by atoms with E-state index in [0.717, 1.165) is 12.8 Å². The number of carbonyl (C=O) groups is 2. The van der Waals surface area contributed by atoms with Crippen LogP contribution in [0.1, 0.15) is 120 Å². The fourth-order valence-electron chi connectivity index (χ4n) is 3.57. The first-order valence-corrected chi connectivity index (χ1v) is 12.9. The molecule has 0 aliphatic rings. The molecule has 0 spiro atoms. The van der Waals surface area contributed by atoms with Gasteiger partial charge in [-0.15, -0.1) is 0 Å². The molecule has 0 fully saturated rings. The van der Waals surface area contributed by atoms with E-state index in [-0.39, 0.29) is 14.8 Å². The summed E-state index contributed by atoms with van der Waals surface area (Å²) >= 11 is -0.745. The monoisotopic (exact) mass is 417 g/mol. The highest BCUT2D eigenvalue weighted by Gasteiger charge is 2.14. The van der Waals surface area contributed by atoms with Crippen molar-refractivity contribution in [1.82, 2.24) is 0 Å². The fraction of sp³-hybridized carbons (Fsp3) is 0.680. The smallest absolute Gasteiger partial charge is 0.412 e. The van der Waals surface area contributed by atoms with E-state index in [0.29, 0.717) is 12.0 Å². The van der Waals surface area contributed by atoms with E-state index in [9.17, 15) is 9.59 Å². The standard InChI is InChI=1S/C18H35O.C7H5O.Al.H2O/c1-2-3-4-5-6-7-8-9-10-11-12-13-14-15-16-17-18-19;8-6-7-4-2-1-3-5-7;;/h2-17H2,1H3;1-5H;;1H2. The second-order valence-corrected chi connectivity index (χ2v) is 9.50. The van der Waals surface area contributed by atoms with Gasteiger partial charge in [0, 0.05) is 0 Å². The van der Waals surface area contributed by atoms with Gasteiger partial charge in [0.2, 0.25) is 0 Å². The van der Waals surface area contributed by atoms with Gasteiger partial charge in [-0.3, -0.25) is 0 Å². The molecule has 29 heavy (non-hydrogen) atoms. The second kappa shape index (κ2) is 20.3. The molecule has 1 aromatic carbocycles. The van der Waals surface area contributed by atoms with Crippen LogP contribution in [0, 0.1) is 0 Å². The highest BCUT2D eigenvalue weighted by molar-refractivity contribution is 6.99. The molecule has 0 unspecified atom stereocenters. The molecular weight excluding hydrogens is 375 g/mol. The predicted molar refractivity (Wildman–Crippen MR) is 125 cm³/mol. The average Bonchev–Trinajstić information content (AvgIpc) is 2.71. The number of benzene rings is 1. The maximum Gasteiger partial charge on any atom is 0.429 e. The fourth-order valence-corrected chi connectivity index (χ4v) is 4.57. The Bertz CT molecular complexity index is 516. The Balaban J connectivity index is 0.00000784. The van der Waals surface area contributed by atoms with Crippen LogP contribution in [0.3, 0.4) is 0 Å². The molecule has 1 aromatic rings. The molecular formula is C25H42AlO3. The third-order valence-corrected chi connectivity index (χ3v) is 6.58. The van der Waals surface area contributed by atoms with E-state index in [1.807, 2.05) is 18.2 Å². The first kappa shape index (κ1) is 28.1. The van der Waals surface area contributed by atoms with E-state index >= 15 is 0 Å². The Kier molecular flexibility index (Phi) is 19.7. The van der Waals surface area contributed by atoms with Crippen molar-refractivity contribution in [2.24, 2.45) is 0 Å². The number of rotatable bonds is 19. The Labute approximate surface area is 185 Å². The van der Waals surface area contributed by atoms with Crippen LogP contribution in [0.5, 0.6) is 0 Å². The van der Waals surface area contributed by atoms with Crippen molar-refractivity contribution in [3.8, 4) is 0 Å². The summed E-state index contributed by atoms with van der Waals surface area (Å²) < 4.78 is 0.204. The second-order valence-electron chi connectivity index (χ2n) is 8.04. The molecule has 0 heterocycles. The van der Waals surface area contributed by atoms with Gasteiger partial charge in [0.05, 0.1) is 9.29 Å². The number of unbranched alkanes of at least 4 members (excludes halogenated alkanes) is 14. The molecule has 0 atom stereocenters. The summed E-state index contributed by atoms with van der Waals surface area (Å²) in [6.45, 7) is 2.27. The maximum atomic E-state index is 12.0. The summed E-state index contributed by atoms with van der Waals surface area (Å²) in [6, 6.07) is 9.20. The van der Waals surface area contributed by atoms with Crippen molar-refractivity contribution in [1.29, 1.82) is 0 Å². The van der Waals surface area contributed by atoms with Gasteiger partial charge in [0.1, 0.15) is 0 Å². The third kappa shape index (κ3) is 16.5. The molecule has 0 bridgehead atoms. The Morgan fingerprint density at radius 2 is 1.07 bits per heavy atom. The van der Waals surface area contributed by atoms with Crippen LogP contribution in [-0.4, -0.2) is 30.0 Å². The summed E-state index contributed by atoms with van der Waals surface area (Å²) in [6.07, 6.45) is 20.5. The van der Waals surface area contributed by atoms with E-state index < -0.39 is 15.2 Å². The minimum Gasteiger partial charge on any atom is -0.412 e. The highest BCUT2D eigenvalue weighted by Crippen LogP contribution is 2.13. The van der Waals surface area contributed by atoms with E-state index in [4.69, 9.17) is 0 Å². The zero-order valence-corrected chi connectivity index (χ0v) is 19.7. The van der Waals surface area contributed by atoms with Crippen molar-refractivity contribution in [3.63, 3.8) is 0 Å². The Hall–Kier alpha value is -0.948. The van der Waals surface area contributed by atoms with Gasteiger partial charge in [0.15, 0.2) is 0 Å². The summed E-state index contributed by atoms with van der Waals surface area (Å²) in [5.41, 5.74) is 0.683. The van der Waals surface area contributed by atoms with Gasteiger partial charge in [-0.25, -0.2) is 0 Å². The first-order valence-electron chi connectivity index (χ1n) is 11.7. The van der Waals surface area contributed by atoms with Crippen molar-refractivity contribution < 1.29 is 15.1 Å². The zero-order chi connectivity index (χ0) is 20.3. The van der Waals surface area contributed by atoms with Gasteiger partial charge in [-0.05, 0) is 18.4 Å². The molecule has 0 amide bonds. The minimum absolute atomic E-state index is 0. The SMILES string of the molecule is CCCCCCCCCCCCCCCCC[C](=O)[Al][C](=O)c1ccccc1.O. The largest absolute Gasteiger partial charge is 0.429 e. The Morgan fingerprint density at radius 3 is 1.52 bits per heavy atom. The van der Waals surface area contributed by atoms with Gasteiger partial charge < -0.3 is 15.1 Å². The van der Waals surface area contributed by atoms with Gasteiger partial charge in [0.25, 0.3) is 0 Å². The normalized spacial score (nSPS) is 10.4. The van der Waals surface area contributed by atoms with E-state index in [2.05, 4.69) is 6.92 Å². The zero-order valence-electron chi connectivity index (χ0n) is 18.6. The topological polar surface area (TPSA) is 65.6 Å². The number of carbonyl (C=O) groups excluding carboxylic acids is 2. The van der Waals surface area contributed by atoms with Crippen molar-refractivity contribution >= 4 is 24.5 Å².